The zero-order valence-corrected chi connectivity index (χ0v) is 13.6. The van der Waals surface area contributed by atoms with Crippen LogP contribution in [-0.4, -0.2) is 27.3 Å². The molecule has 1 aromatic heterocycles. The van der Waals surface area contributed by atoms with Crippen molar-refractivity contribution >= 4 is 28.5 Å². The van der Waals surface area contributed by atoms with Gasteiger partial charge in [-0.1, -0.05) is 0 Å². The van der Waals surface area contributed by atoms with Gasteiger partial charge in [0.15, 0.2) is 0 Å². The van der Waals surface area contributed by atoms with Gasteiger partial charge in [0.25, 0.3) is 0 Å². The number of primary amides is 1. The lowest BCUT2D eigenvalue weighted by atomic mass is 9.78. The third-order valence-corrected chi connectivity index (χ3v) is 4.26. The van der Waals surface area contributed by atoms with Gasteiger partial charge in [0, 0.05) is 12.2 Å². The maximum atomic E-state index is 11.9. The van der Waals surface area contributed by atoms with Gasteiger partial charge in [-0.15, -0.1) is 0 Å². The highest BCUT2D eigenvalue weighted by Crippen LogP contribution is 2.35. The zero-order chi connectivity index (χ0) is 14.0. The molecule has 2 atom stereocenters. The van der Waals surface area contributed by atoms with Crippen LogP contribution in [0.25, 0.3) is 0 Å². The Morgan fingerprint density at radius 1 is 1.68 bits per heavy atom. The molecule has 1 aliphatic carbocycles. The summed E-state index contributed by atoms with van der Waals surface area (Å²) in [5.74, 6) is -0.243. The van der Waals surface area contributed by atoms with Crippen molar-refractivity contribution in [2.45, 2.75) is 57.2 Å². The van der Waals surface area contributed by atoms with Crippen LogP contribution >= 0.6 is 22.6 Å². The third kappa shape index (κ3) is 3.28. The van der Waals surface area contributed by atoms with Gasteiger partial charge in [-0.2, -0.15) is 5.10 Å². The number of carbonyl (C=O) groups is 1. The van der Waals surface area contributed by atoms with E-state index >= 15 is 0 Å². The molecule has 0 bridgehead atoms. The molecule has 0 spiro atoms. The fraction of sp³-hybridized carbons (Fsp3) is 0.692. The highest BCUT2D eigenvalue weighted by atomic mass is 127. The molecule has 2 rings (SSSR count). The molecule has 1 heterocycles. The number of hydrogen-bond donors (Lipinski definition) is 2. The van der Waals surface area contributed by atoms with Crippen molar-refractivity contribution in [1.82, 2.24) is 15.1 Å². The van der Waals surface area contributed by atoms with Gasteiger partial charge in [-0.25, -0.2) is 0 Å². The van der Waals surface area contributed by atoms with Gasteiger partial charge < -0.3 is 11.1 Å². The van der Waals surface area contributed by atoms with Gasteiger partial charge >= 0.3 is 0 Å². The van der Waals surface area contributed by atoms with Gasteiger partial charge in [-0.3, -0.25) is 9.48 Å². The summed E-state index contributed by atoms with van der Waals surface area (Å²) in [6.45, 7) is 4.09. The number of hydrogen-bond acceptors (Lipinski definition) is 3. The van der Waals surface area contributed by atoms with Gasteiger partial charge in [0.2, 0.25) is 5.91 Å². The van der Waals surface area contributed by atoms with Crippen LogP contribution in [0.5, 0.6) is 0 Å². The largest absolute Gasteiger partial charge is 0.368 e. The Kier molecular flexibility index (Phi) is 4.50. The number of aromatic nitrogens is 2. The van der Waals surface area contributed by atoms with E-state index in [1.807, 2.05) is 30.9 Å². The second kappa shape index (κ2) is 5.78. The van der Waals surface area contributed by atoms with Crippen LogP contribution in [0.1, 0.15) is 45.6 Å². The summed E-state index contributed by atoms with van der Waals surface area (Å²) in [4.78, 5) is 11.9. The van der Waals surface area contributed by atoms with E-state index in [9.17, 15) is 4.79 Å². The van der Waals surface area contributed by atoms with Crippen molar-refractivity contribution in [3.05, 3.63) is 16.0 Å². The second-order valence-electron chi connectivity index (χ2n) is 5.63. The number of rotatable bonds is 4. The van der Waals surface area contributed by atoms with E-state index in [4.69, 9.17) is 5.73 Å². The predicted molar refractivity (Wildman–Crippen MR) is 82.6 cm³/mol. The third-order valence-electron chi connectivity index (χ3n) is 3.71. The van der Waals surface area contributed by atoms with Crippen molar-refractivity contribution in [3.8, 4) is 0 Å². The molecule has 19 heavy (non-hydrogen) atoms. The fourth-order valence-corrected chi connectivity index (χ4v) is 3.37. The average molecular weight is 376 g/mol. The van der Waals surface area contributed by atoms with Crippen LogP contribution < -0.4 is 11.1 Å². The van der Waals surface area contributed by atoms with Gasteiger partial charge in [-0.05, 0) is 62.1 Å². The first-order valence-electron chi connectivity index (χ1n) is 6.70. The van der Waals surface area contributed by atoms with Crippen LogP contribution in [0.15, 0.2) is 12.4 Å². The second-order valence-corrected chi connectivity index (χ2v) is 6.88. The molecule has 0 aliphatic heterocycles. The molecule has 6 heteroatoms. The highest BCUT2D eigenvalue weighted by molar-refractivity contribution is 14.1. The molecule has 1 amide bonds. The van der Waals surface area contributed by atoms with Crippen molar-refractivity contribution in [2.75, 3.05) is 0 Å². The van der Waals surface area contributed by atoms with Crippen molar-refractivity contribution in [2.24, 2.45) is 5.73 Å². The number of nitrogens with two attached hydrogens (primary N) is 1. The quantitative estimate of drug-likeness (QED) is 0.788. The van der Waals surface area contributed by atoms with E-state index in [0.29, 0.717) is 0 Å². The molecule has 1 fully saturated rings. The van der Waals surface area contributed by atoms with E-state index in [2.05, 4.69) is 33.0 Å². The highest BCUT2D eigenvalue weighted by Gasteiger charge is 2.42. The molecule has 0 saturated heterocycles. The maximum absolute atomic E-state index is 11.9. The Morgan fingerprint density at radius 3 is 2.95 bits per heavy atom. The monoisotopic (exact) mass is 376 g/mol. The smallest absolute Gasteiger partial charge is 0.237 e. The van der Waals surface area contributed by atoms with Gasteiger partial charge in [0.05, 0.1) is 21.3 Å². The summed E-state index contributed by atoms with van der Waals surface area (Å²) in [5.41, 5.74) is 5.07. The summed E-state index contributed by atoms with van der Waals surface area (Å²) in [6.07, 6.45) is 7.44. The topological polar surface area (TPSA) is 72.9 Å². The van der Waals surface area contributed by atoms with Crippen LogP contribution in [0.2, 0.25) is 0 Å². The lowest BCUT2D eigenvalue weighted by Gasteiger charge is -2.40. The molecule has 1 saturated carbocycles. The molecule has 3 N–H and O–H groups in total. The van der Waals surface area contributed by atoms with Crippen molar-refractivity contribution < 1.29 is 4.79 Å². The van der Waals surface area contributed by atoms with Crippen LogP contribution in [0, 0.1) is 3.57 Å². The van der Waals surface area contributed by atoms with E-state index in [-0.39, 0.29) is 18.0 Å². The lowest BCUT2D eigenvalue weighted by molar-refractivity contribution is -0.126. The number of nitrogens with one attached hydrogen (secondary N) is 1. The van der Waals surface area contributed by atoms with Crippen LogP contribution in [0.3, 0.4) is 0 Å². The minimum absolute atomic E-state index is 0.240. The SMILES string of the molecule is CC(C)NC1(C(N)=O)CCCC(n2cc(I)cn2)C1. The van der Waals surface area contributed by atoms with Crippen LogP contribution in [0.4, 0.5) is 0 Å². The minimum atomic E-state index is -0.589. The Morgan fingerprint density at radius 2 is 2.42 bits per heavy atom. The minimum Gasteiger partial charge on any atom is -0.368 e. The summed E-state index contributed by atoms with van der Waals surface area (Å²) in [5, 5.41) is 7.76. The lowest BCUT2D eigenvalue weighted by Crippen LogP contribution is -2.59. The molecular weight excluding hydrogens is 355 g/mol. The molecule has 2 unspecified atom stereocenters. The molecule has 5 nitrogen and oxygen atoms in total. The zero-order valence-electron chi connectivity index (χ0n) is 11.4. The number of amides is 1. The molecule has 0 aromatic carbocycles. The Labute approximate surface area is 127 Å². The van der Waals surface area contributed by atoms with Gasteiger partial charge in [0.1, 0.15) is 0 Å². The van der Waals surface area contributed by atoms with Crippen molar-refractivity contribution in [1.29, 1.82) is 0 Å². The van der Waals surface area contributed by atoms with E-state index in [1.165, 1.54) is 0 Å². The average Bonchev–Trinajstić information content (AvgIpc) is 2.75. The summed E-state index contributed by atoms with van der Waals surface area (Å²) >= 11 is 2.25. The van der Waals surface area contributed by atoms with Crippen LogP contribution in [-0.2, 0) is 4.79 Å². The normalized spacial score (nSPS) is 27.7. The first kappa shape index (κ1) is 14.8. The van der Waals surface area contributed by atoms with E-state index < -0.39 is 5.54 Å². The maximum Gasteiger partial charge on any atom is 0.237 e. The predicted octanol–water partition coefficient (Wildman–Crippen LogP) is 1.82. The molecule has 0 radical (unpaired) electrons. The first-order valence-corrected chi connectivity index (χ1v) is 7.78. The van der Waals surface area contributed by atoms with Crippen molar-refractivity contribution in [3.63, 3.8) is 0 Å². The van der Waals surface area contributed by atoms with E-state index in [0.717, 1.165) is 29.3 Å². The Balaban J connectivity index is 2.20. The molecule has 1 aromatic rings. The summed E-state index contributed by atoms with van der Waals surface area (Å²) in [7, 11) is 0. The fourth-order valence-electron chi connectivity index (χ4n) is 2.96. The first-order chi connectivity index (χ1) is 8.93. The molecular formula is C13H21IN4O. The Bertz CT molecular complexity index is 459. The number of carbonyl (C=O) groups excluding carboxylic acids is 1. The number of halogens is 1. The number of nitrogens with zero attached hydrogens (tertiary/aromatic N) is 2. The molecule has 106 valence electrons. The molecule has 1 aliphatic rings. The summed E-state index contributed by atoms with van der Waals surface area (Å²) < 4.78 is 3.09. The Hall–Kier alpha value is -0.630. The standard InChI is InChI=1S/C13H21IN4O/c1-9(2)17-13(12(15)19)5-3-4-11(6-13)18-8-10(14)7-16-18/h7-9,11,17H,3-6H2,1-2H3,(H2,15,19). The summed E-state index contributed by atoms with van der Waals surface area (Å²) in [6, 6.07) is 0.486. The van der Waals surface area contributed by atoms with E-state index in [1.54, 1.807) is 0 Å².